The number of halogens is 2. The van der Waals surface area contributed by atoms with Crippen molar-refractivity contribution in [1.29, 1.82) is 0 Å². The highest BCUT2D eigenvalue weighted by atomic mass is 19.1. The summed E-state index contributed by atoms with van der Waals surface area (Å²) in [5.41, 5.74) is 4.48. The van der Waals surface area contributed by atoms with Crippen molar-refractivity contribution in [2.45, 2.75) is 39.5 Å². The first kappa shape index (κ1) is 16.4. The average molecular weight is 285 g/mol. The number of nitrogen functional groups attached to an aromatic ring is 1. The fourth-order valence-corrected chi connectivity index (χ4v) is 1.89. The van der Waals surface area contributed by atoms with Gasteiger partial charge in [-0.05, 0) is 18.4 Å². The predicted octanol–water partition coefficient (Wildman–Crippen LogP) is 3.92. The van der Waals surface area contributed by atoms with Crippen LogP contribution in [0.5, 0.6) is 0 Å². The Kier molecular flexibility index (Phi) is 6.42. The van der Waals surface area contributed by atoms with Crippen LogP contribution in [0.25, 0.3) is 0 Å². The fourth-order valence-electron chi connectivity index (χ4n) is 1.89. The van der Waals surface area contributed by atoms with Gasteiger partial charge in [0.1, 0.15) is 11.6 Å². The molecule has 1 unspecified atom stereocenters. The van der Waals surface area contributed by atoms with E-state index in [1.165, 1.54) is 0 Å². The number of carbonyl (C=O) groups excluding carboxylic acids is 1. The van der Waals surface area contributed by atoms with E-state index in [0.717, 1.165) is 37.8 Å². The summed E-state index contributed by atoms with van der Waals surface area (Å²) in [5.74, 6) is -2.29. The van der Waals surface area contributed by atoms with Crippen LogP contribution in [0.4, 0.5) is 14.5 Å². The fraction of sp³-hybridized carbons (Fsp3) is 0.533. The smallest absolute Gasteiger partial charge is 0.341 e. The molecule has 0 spiro atoms. The molecule has 1 rings (SSSR count). The topological polar surface area (TPSA) is 52.3 Å². The van der Waals surface area contributed by atoms with Gasteiger partial charge in [0.05, 0.1) is 17.9 Å². The molecule has 0 aliphatic heterocycles. The minimum atomic E-state index is -0.865. The number of unbranched alkanes of at least 4 members (excludes halogenated alkanes) is 1. The molecule has 0 bridgehead atoms. The molecule has 0 aromatic heterocycles. The first-order valence-electron chi connectivity index (χ1n) is 6.91. The highest BCUT2D eigenvalue weighted by Gasteiger charge is 2.18. The van der Waals surface area contributed by atoms with Gasteiger partial charge < -0.3 is 10.5 Å². The third-order valence-corrected chi connectivity index (χ3v) is 3.30. The molecule has 0 saturated carbocycles. The average Bonchev–Trinajstić information content (AvgIpc) is 2.42. The molecular weight excluding hydrogens is 264 g/mol. The van der Waals surface area contributed by atoms with Crippen LogP contribution >= 0.6 is 0 Å². The number of hydrogen-bond acceptors (Lipinski definition) is 3. The summed E-state index contributed by atoms with van der Waals surface area (Å²) in [5, 5.41) is 0. The molecular formula is C15H21F2NO2. The lowest BCUT2D eigenvalue weighted by atomic mass is 10.0. The van der Waals surface area contributed by atoms with E-state index in [1.807, 2.05) is 6.92 Å². The van der Waals surface area contributed by atoms with Crippen LogP contribution in [0.3, 0.4) is 0 Å². The normalized spacial score (nSPS) is 12.2. The maximum absolute atomic E-state index is 13.5. The lowest BCUT2D eigenvalue weighted by molar-refractivity contribution is 0.0422. The van der Waals surface area contributed by atoms with Gasteiger partial charge in [-0.3, -0.25) is 0 Å². The van der Waals surface area contributed by atoms with Gasteiger partial charge in [-0.2, -0.15) is 0 Å². The molecule has 1 aromatic rings. The Morgan fingerprint density at radius 2 is 2.00 bits per heavy atom. The van der Waals surface area contributed by atoms with Gasteiger partial charge in [-0.25, -0.2) is 13.6 Å². The molecule has 20 heavy (non-hydrogen) atoms. The molecule has 3 nitrogen and oxygen atoms in total. The Labute approximate surface area is 118 Å². The van der Waals surface area contributed by atoms with Gasteiger partial charge >= 0.3 is 5.97 Å². The predicted molar refractivity (Wildman–Crippen MR) is 74.4 cm³/mol. The van der Waals surface area contributed by atoms with Crippen LogP contribution in [0, 0.1) is 17.6 Å². The lowest BCUT2D eigenvalue weighted by Crippen LogP contribution is -2.15. The van der Waals surface area contributed by atoms with E-state index in [1.54, 1.807) is 0 Å². The summed E-state index contributed by atoms with van der Waals surface area (Å²) in [6, 6.07) is 1.57. The molecule has 5 heteroatoms. The first-order valence-corrected chi connectivity index (χ1v) is 6.91. The van der Waals surface area contributed by atoms with E-state index in [4.69, 9.17) is 10.5 Å². The van der Waals surface area contributed by atoms with Crippen LogP contribution in [0.2, 0.25) is 0 Å². The zero-order chi connectivity index (χ0) is 15.1. The molecule has 0 radical (unpaired) electrons. The third kappa shape index (κ3) is 4.47. The van der Waals surface area contributed by atoms with Crippen molar-refractivity contribution in [1.82, 2.24) is 0 Å². The quantitative estimate of drug-likeness (QED) is 0.610. The summed E-state index contributed by atoms with van der Waals surface area (Å²) in [6.07, 6.45) is 3.97. The maximum atomic E-state index is 13.5. The Bertz CT molecular complexity index is 463. The summed E-state index contributed by atoms with van der Waals surface area (Å²) < 4.78 is 31.9. The third-order valence-electron chi connectivity index (χ3n) is 3.30. The number of anilines is 1. The van der Waals surface area contributed by atoms with Crippen molar-refractivity contribution < 1.29 is 18.3 Å². The van der Waals surface area contributed by atoms with Gasteiger partial charge in [-0.1, -0.05) is 33.1 Å². The van der Waals surface area contributed by atoms with Crippen molar-refractivity contribution in [3.63, 3.8) is 0 Å². The molecule has 1 aromatic carbocycles. The molecule has 0 heterocycles. The van der Waals surface area contributed by atoms with Gasteiger partial charge in [0, 0.05) is 6.07 Å². The van der Waals surface area contributed by atoms with E-state index < -0.39 is 23.2 Å². The zero-order valence-corrected chi connectivity index (χ0v) is 11.9. The second kappa shape index (κ2) is 7.82. The number of nitrogens with two attached hydrogens (primary N) is 1. The van der Waals surface area contributed by atoms with E-state index in [2.05, 4.69) is 6.92 Å². The standard InChI is InChI=1S/C15H21F2NO2/c1-3-5-6-10(4-2)9-20-15(19)11-7-13(17)14(18)8-12(11)16/h7-8,10H,3-6,9,18H2,1-2H3. The Hall–Kier alpha value is -1.65. The second-order valence-electron chi connectivity index (χ2n) is 4.87. The van der Waals surface area contributed by atoms with E-state index in [9.17, 15) is 13.6 Å². The van der Waals surface area contributed by atoms with Crippen molar-refractivity contribution in [2.24, 2.45) is 5.92 Å². The minimum Gasteiger partial charge on any atom is -0.462 e. The Morgan fingerprint density at radius 1 is 1.30 bits per heavy atom. The van der Waals surface area contributed by atoms with Gasteiger partial charge in [0.2, 0.25) is 0 Å². The Balaban J connectivity index is 2.65. The van der Waals surface area contributed by atoms with Crippen LogP contribution < -0.4 is 5.73 Å². The highest BCUT2D eigenvalue weighted by Crippen LogP contribution is 2.19. The summed E-state index contributed by atoms with van der Waals surface area (Å²) >= 11 is 0. The Morgan fingerprint density at radius 3 is 2.60 bits per heavy atom. The number of esters is 1. The summed E-state index contributed by atoms with van der Waals surface area (Å²) in [4.78, 5) is 11.8. The molecule has 0 amide bonds. The molecule has 0 aliphatic carbocycles. The molecule has 0 fully saturated rings. The van der Waals surface area contributed by atoms with E-state index >= 15 is 0 Å². The summed E-state index contributed by atoms with van der Waals surface area (Å²) in [7, 11) is 0. The van der Waals surface area contributed by atoms with Crippen LogP contribution in [0.1, 0.15) is 49.9 Å². The van der Waals surface area contributed by atoms with Crippen molar-refractivity contribution in [2.75, 3.05) is 12.3 Å². The number of hydrogen-bond donors (Lipinski definition) is 1. The van der Waals surface area contributed by atoms with E-state index in [-0.39, 0.29) is 18.2 Å². The van der Waals surface area contributed by atoms with Gasteiger partial charge in [-0.15, -0.1) is 0 Å². The van der Waals surface area contributed by atoms with Gasteiger partial charge in [0.25, 0.3) is 0 Å². The molecule has 0 saturated heterocycles. The number of carbonyl (C=O) groups is 1. The van der Waals surface area contributed by atoms with E-state index in [0.29, 0.717) is 0 Å². The SMILES string of the molecule is CCCCC(CC)COC(=O)c1cc(F)c(N)cc1F. The molecule has 112 valence electrons. The zero-order valence-electron chi connectivity index (χ0n) is 11.9. The number of ether oxygens (including phenoxy) is 1. The van der Waals surface area contributed by atoms with Crippen molar-refractivity contribution in [3.8, 4) is 0 Å². The molecule has 1 atom stereocenters. The van der Waals surface area contributed by atoms with Gasteiger partial charge in [0.15, 0.2) is 0 Å². The summed E-state index contributed by atoms with van der Waals surface area (Å²) in [6.45, 7) is 4.32. The van der Waals surface area contributed by atoms with Crippen LogP contribution in [0.15, 0.2) is 12.1 Å². The molecule has 2 N–H and O–H groups in total. The number of rotatable bonds is 7. The van der Waals surface area contributed by atoms with Crippen LogP contribution in [-0.4, -0.2) is 12.6 Å². The monoisotopic (exact) mass is 285 g/mol. The van der Waals surface area contributed by atoms with Crippen LogP contribution in [-0.2, 0) is 4.74 Å². The molecule has 0 aliphatic rings. The highest BCUT2D eigenvalue weighted by molar-refractivity contribution is 5.90. The second-order valence-corrected chi connectivity index (χ2v) is 4.87. The first-order chi connectivity index (χ1) is 9.49. The number of benzene rings is 1. The lowest BCUT2D eigenvalue weighted by Gasteiger charge is -2.15. The van der Waals surface area contributed by atoms with Crippen molar-refractivity contribution in [3.05, 3.63) is 29.3 Å². The maximum Gasteiger partial charge on any atom is 0.341 e. The minimum absolute atomic E-state index is 0.223. The largest absolute Gasteiger partial charge is 0.462 e. The van der Waals surface area contributed by atoms with Crippen molar-refractivity contribution >= 4 is 11.7 Å².